The molecule has 0 fully saturated rings. The van der Waals surface area contributed by atoms with Crippen LogP contribution in [0.1, 0.15) is 13.3 Å². The van der Waals surface area contributed by atoms with Gasteiger partial charge >= 0.3 is 0 Å². The quantitative estimate of drug-likeness (QED) is 0.840. The number of hydrogen-bond donors (Lipinski definition) is 1. The smallest absolute Gasteiger partial charge is 0.271 e. The van der Waals surface area contributed by atoms with E-state index in [2.05, 4.69) is 16.0 Å². The van der Waals surface area contributed by atoms with E-state index in [4.69, 9.17) is 16.9 Å². The van der Waals surface area contributed by atoms with Crippen LogP contribution in [0.25, 0.3) is 0 Å². The minimum Gasteiger partial charge on any atom is -0.354 e. The molecular formula is C9H11ClN4O. The first-order valence-corrected chi connectivity index (χ1v) is 4.78. The number of nitrogens with zero attached hydrogens (tertiary/aromatic N) is 3. The largest absolute Gasteiger partial charge is 0.354 e. The molecule has 1 atom stereocenters. The predicted molar refractivity (Wildman–Crippen MR) is 58.0 cm³/mol. The highest BCUT2D eigenvalue weighted by atomic mass is 35.5. The van der Waals surface area contributed by atoms with Gasteiger partial charge in [-0.15, -0.1) is 0 Å². The van der Waals surface area contributed by atoms with Gasteiger partial charge in [0.05, 0.1) is 18.8 Å². The summed E-state index contributed by atoms with van der Waals surface area (Å²) in [6.07, 6.45) is 1.64. The van der Waals surface area contributed by atoms with Gasteiger partial charge in [-0.3, -0.25) is 4.79 Å². The summed E-state index contributed by atoms with van der Waals surface area (Å²) in [4.78, 5) is 19.3. The molecule has 1 N–H and O–H groups in total. The Morgan fingerprint density at radius 2 is 2.47 bits per heavy atom. The van der Waals surface area contributed by atoms with Crippen molar-refractivity contribution in [3.8, 4) is 6.07 Å². The van der Waals surface area contributed by atoms with Crippen molar-refractivity contribution in [1.29, 1.82) is 5.26 Å². The van der Waals surface area contributed by atoms with Crippen molar-refractivity contribution in [3.05, 3.63) is 21.7 Å². The molecule has 80 valence electrons. The van der Waals surface area contributed by atoms with Crippen LogP contribution >= 0.6 is 11.6 Å². The third-order valence-corrected chi connectivity index (χ3v) is 2.50. The van der Waals surface area contributed by atoms with E-state index in [9.17, 15) is 4.79 Å². The van der Waals surface area contributed by atoms with Crippen molar-refractivity contribution >= 4 is 17.4 Å². The average molecular weight is 227 g/mol. The van der Waals surface area contributed by atoms with Gasteiger partial charge in [0.15, 0.2) is 5.82 Å². The SMILES string of the molecule is CC(CC#N)N(C)c1nc[nH]c(=O)c1Cl. The summed E-state index contributed by atoms with van der Waals surface area (Å²) in [5.74, 6) is 0.392. The molecule has 0 radical (unpaired) electrons. The van der Waals surface area contributed by atoms with E-state index in [0.717, 1.165) is 0 Å². The summed E-state index contributed by atoms with van der Waals surface area (Å²) in [5.41, 5.74) is -0.377. The van der Waals surface area contributed by atoms with Gasteiger partial charge in [-0.25, -0.2) is 4.98 Å². The summed E-state index contributed by atoms with van der Waals surface area (Å²) < 4.78 is 0. The van der Waals surface area contributed by atoms with Gasteiger partial charge in [-0.05, 0) is 6.92 Å². The fourth-order valence-electron chi connectivity index (χ4n) is 1.10. The van der Waals surface area contributed by atoms with Crippen LogP contribution in [0.2, 0.25) is 5.02 Å². The van der Waals surface area contributed by atoms with Crippen molar-refractivity contribution in [2.24, 2.45) is 0 Å². The number of hydrogen-bond acceptors (Lipinski definition) is 4. The first kappa shape index (κ1) is 11.5. The first-order chi connectivity index (χ1) is 7.07. The number of halogens is 1. The molecule has 0 bridgehead atoms. The fourth-order valence-corrected chi connectivity index (χ4v) is 1.33. The minimum atomic E-state index is -0.377. The van der Waals surface area contributed by atoms with Gasteiger partial charge < -0.3 is 9.88 Å². The molecular weight excluding hydrogens is 216 g/mol. The van der Waals surface area contributed by atoms with Crippen LogP contribution in [0.3, 0.4) is 0 Å². The summed E-state index contributed by atoms with van der Waals surface area (Å²) >= 11 is 5.80. The van der Waals surface area contributed by atoms with Crippen molar-refractivity contribution in [1.82, 2.24) is 9.97 Å². The lowest BCUT2D eigenvalue weighted by molar-refractivity contribution is 0.692. The van der Waals surface area contributed by atoms with E-state index >= 15 is 0 Å². The Balaban J connectivity index is 3.02. The molecule has 15 heavy (non-hydrogen) atoms. The molecule has 1 unspecified atom stereocenters. The highest BCUT2D eigenvalue weighted by Gasteiger charge is 2.15. The standard InChI is InChI=1S/C9H11ClN4O/c1-6(3-4-11)14(2)8-7(10)9(15)13-5-12-8/h5-6H,3H2,1-2H3,(H,12,13,15). The Hall–Kier alpha value is -1.54. The lowest BCUT2D eigenvalue weighted by Crippen LogP contribution is -2.30. The zero-order valence-electron chi connectivity index (χ0n) is 8.49. The Morgan fingerprint density at radius 3 is 3.07 bits per heavy atom. The van der Waals surface area contributed by atoms with Crippen LogP contribution in [0.15, 0.2) is 11.1 Å². The van der Waals surface area contributed by atoms with E-state index in [1.54, 1.807) is 11.9 Å². The molecule has 1 rings (SSSR count). The molecule has 5 nitrogen and oxygen atoms in total. The number of nitriles is 1. The highest BCUT2D eigenvalue weighted by molar-refractivity contribution is 6.32. The maximum absolute atomic E-state index is 11.2. The second-order valence-electron chi connectivity index (χ2n) is 3.19. The highest BCUT2D eigenvalue weighted by Crippen LogP contribution is 2.19. The maximum Gasteiger partial charge on any atom is 0.271 e. The number of anilines is 1. The lowest BCUT2D eigenvalue weighted by atomic mass is 10.2. The summed E-state index contributed by atoms with van der Waals surface area (Å²) in [6.45, 7) is 1.86. The molecule has 6 heteroatoms. The van der Waals surface area contributed by atoms with Gasteiger partial charge in [-0.1, -0.05) is 11.6 Å². The molecule has 0 saturated carbocycles. The van der Waals surface area contributed by atoms with Crippen LogP contribution in [0.4, 0.5) is 5.82 Å². The lowest BCUT2D eigenvalue weighted by Gasteiger charge is -2.24. The van der Waals surface area contributed by atoms with Crippen molar-refractivity contribution in [2.75, 3.05) is 11.9 Å². The molecule has 0 amide bonds. The second kappa shape index (κ2) is 4.80. The molecule has 0 aromatic carbocycles. The van der Waals surface area contributed by atoms with Gasteiger partial charge in [0.1, 0.15) is 5.02 Å². The third-order valence-electron chi connectivity index (χ3n) is 2.16. The van der Waals surface area contributed by atoms with Crippen LogP contribution < -0.4 is 10.5 Å². The molecule has 0 saturated heterocycles. The first-order valence-electron chi connectivity index (χ1n) is 4.41. The molecule has 0 spiro atoms. The van der Waals surface area contributed by atoms with Crippen LogP contribution in [-0.4, -0.2) is 23.1 Å². The predicted octanol–water partition coefficient (Wildman–Crippen LogP) is 1.16. The normalized spacial score (nSPS) is 11.9. The maximum atomic E-state index is 11.2. The number of aromatic nitrogens is 2. The number of rotatable bonds is 3. The fraction of sp³-hybridized carbons (Fsp3) is 0.444. The van der Waals surface area contributed by atoms with Crippen molar-refractivity contribution in [2.45, 2.75) is 19.4 Å². The van der Waals surface area contributed by atoms with E-state index < -0.39 is 0 Å². The third kappa shape index (κ3) is 2.48. The van der Waals surface area contributed by atoms with Crippen LogP contribution in [0, 0.1) is 11.3 Å². The Kier molecular flexibility index (Phi) is 3.69. The topological polar surface area (TPSA) is 72.8 Å². The molecule has 1 aromatic heterocycles. The number of H-pyrrole nitrogens is 1. The number of aromatic amines is 1. The Bertz CT molecular complexity index is 436. The monoisotopic (exact) mass is 226 g/mol. The van der Waals surface area contributed by atoms with Crippen molar-refractivity contribution in [3.63, 3.8) is 0 Å². The van der Waals surface area contributed by atoms with E-state index in [-0.39, 0.29) is 16.6 Å². The van der Waals surface area contributed by atoms with Crippen molar-refractivity contribution < 1.29 is 0 Å². The average Bonchev–Trinajstić information content (AvgIpc) is 2.21. The van der Waals surface area contributed by atoms with Gasteiger partial charge in [0, 0.05) is 13.1 Å². The van der Waals surface area contributed by atoms with Gasteiger partial charge in [-0.2, -0.15) is 5.26 Å². The van der Waals surface area contributed by atoms with E-state index in [1.807, 2.05) is 6.92 Å². The molecule has 0 aliphatic rings. The molecule has 1 aromatic rings. The summed E-state index contributed by atoms with van der Waals surface area (Å²) in [6, 6.07) is 2.01. The molecule has 1 heterocycles. The van der Waals surface area contributed by atoms with Crippen LogP contribution in [0.5, 0.6) is 0 Å². The zero-order valence-corrected chi connectivity index (χ0v) is 9.25. The zero-order chi connectivity index (χ0) is 11.4. The Morgan fingerprint density at radius 1 is 1.80 bits per heavy atom. The van der Waals surface area contributed by atoms with Gasteiger partial charge in [0.25, 0.3) is 5.56 Å². The number of nitrogens with one attached hydrogen (secondary N) is 1. The molecule has 0 aliphatic heterocycles. The van der Waals surface area contributed by atoms with Gasteiger partial charge in [0.2, 0.25) is 0 Å². The summed E-state index contributed by atoms with van der Waals surface area (Å²) in [5, 5.41) is 8.60. The summed E-state index contributed by atoms with van der Waals surface area (Å²) in [7, 11) is 1.75. The Labute approximate surface area is 92.3 Å². The second-order valence-corrected chi connectivity index (χ2v) is 3.57. The molecule has 0 aliphatic carbocycles. The minimum absolute atomic E-state index is 0.0400. The van der Waals surface area contributed by atoms with E-state index in [1.165, 1.54) is 6.33 Å². The van der Waals surface area contributed by atoms with E-state index in [0.29, 0.717) is 12.2 Å². The van der Waals surface area contributed by atoms with Crippen LogP contribution in [-0.2, 0) is 0 Å².